The number of hydrogen-bond donors (Lipinski definition) is 0. The van der Waals surface area contributed by atoms with Crippen molar-refractivity contribution in [3.63, 3.8) is 0 Å². The number of methoxy groups -OCH3 is 1. The molecule has 3 rings (SSSR count). The molecule has 2 aromatic rings. The molecule has 0 N–H and O–H groups in total. The van der Waals surface area contributed by atoms with Crippen molar-refractivity contribution >= 4 is 40.6 Å². The maximum Gasteiger partial charge on any atom is 0.293 e. The van der Waals surface area contributed by atoms with Gasteiger partial charge in [0.15, 0.2) is 11.5 Å². The molecule has 1 aliphatic heterocycles. The summed E-state index contributed by atoms with van der Waals surface area (Å²) in [5.74, 6) is 0.607. The first kappa shape index (κ1) is 20.3. The zero-order valence-electron chi connectivity index (χ0n) is 15.8. The van der Waals surface area contributed by atoms with E-state index in [-0.39, 0.29) is 17.7 Å². The lowest BCUT2D eigenvalue weighted by Crippen LogP contribution is -2.27. The Labute approximate surface area is 173 Å². The summed E-state index contributed by atoms with van der Waals surface area (Å²) in [4.78, 5) is 26.7. The van der Waals surface area contributed by atoms with E-state index in [2.05, 4.69) is 0 Å². The van der Waals surface area contributed by atoms with E-state index in [1.54, 1.807) is 18.2 Å². The number of carbonyl (C=O) groups excluding carboxylic acids is 2. The number of rotatable bonds is 6. The molecular formula is C21H20ClNO4S. The molecular weight excluding hydrogens is 398 g/mol. The molecule has 0 aliphatic carbocycles. The molecule has 0 radical (unpaired) electrons. The molecule has 1 fully saturated rings. The second-order valence-electron chi connectivity index (χ2n) is 6.22. The maximum atomic E-state index is 12.7. The van der Waals surface area contributed by atoms with Crippen LogP contribution in [0.3, 0.4) is 0 Å². The van der Waals surface area contributed by atoms with Crippen LogP contribution in [-0.4, -0.2) is 29.8 Å². The Kier molecular flexibility index (Phi) is 6.31. The molecule has 28 heavy (non-hydrogen) atoms. The molecule has 1 aliphatic rings. The zero-order valence-corrected chi connectivity index (χ0v) is 17.4. The molecule has 7 heteroatoms. The SMILES string of the molecule is CCOc1c(Cl)cc(/C=C2\SC(=O)N(Cc3ccc(C)cc3)C2=O)cc1OC. The number of halogens is 1. The molecule has 0 aromatic heterocycles. The summed E-state index contributed by atoms with van der Waals surface area (Å²) in [6, 6.07) is 11.2. The lowest BCUT2D eigenvalue weighted by Gasteiger charge is -2.13. The van der Waals surface area contributed by atoms with Crippen LogP contribution in [0.5, 0.6) is 11.5 Å². The highest BCUT2D eigenvalue weighted by atomic mass is 35.5. The van der Waals surface area contributed by atoms with Gasteiger partial charge in [0.2, 0.25) is 0 Å². The van der Waals surface area contributed by atoms with E-state index in [9.17, 15) is 9.59 Å². The summed E-state index contributed by atoms with van der Waals surface area (Å²) < 4.78 is 10.8. The number of benzene rings is 2. The minimum absolute atomic E-state index is 0.246. The standard InChI is InChI=1S/C21H20ClNO4S/c1-4-27-19-16(22)9-15(10-17(19)26-3)11-18-20(24)23(21(25)28-18)12-14-7-5-13(2)6-8-14/h5-11H,4,12H2,1-3H3/b18-11-. The first-order valence-electron chi connectivity index (χ1n) is 8.74. The molecule has 0 atom stereocenters. The second kappa shape index (κ2) is 8.71. The Balaban J connectivity index is 1.85. The Bertz CT molecular complexity index is 940. The van der Waals surface area contributed by atoms with Gasteiger partial charge in [0.25, 0.3) is 11.1 Å². The first-order chi connectivity index (χ1) is 13.4. The highest BCUT2D eigenvalue weighted by molar-refractivity contribution is 8.18. The lowest BCUT2D eigenvalue weighted by atomic mass is 10.1. The van der Waals surface area contributed by atoms with E-state index in [4.69, 9.17) is 21.1 Å². The van der Waals surface area contributed by atoms with Gasteiger partial charge in [-0.25, -0.2) is 0 Å². The zero-order chi connectivity index (χ0) is 20.3. The third-order valence-electron chi connectivity index (χ3n) is 4.17. The summed E-state index contributed by atoms with van der Waals surface area (Å²) in [5.41, 5.74) is 2.69. The van der Waals surface area contributed by atoms with Crippen LogP contribution in [0.25, 0.3) is 6.08 Å². The molecule has 0 unspecified atom stereocenters. The number of aryl methyl sites for hydroxylation is 1. The predicted octanol–water partition coefficient (Wildman–Crippen LogP) is 5.29. The van der Waals surface area contributed by atoms with E-state index >= 15 is 0 Å². The van der Waals surface area contributed by atoms with Crippen molar-refractivity contribution < 1.29 is 19.1 Å². The van der Waals surface area contributed by atoms with Crippen molar-refractivity contribution in [2.45, 2.75) is 20.4 Å². The minimum atomic E-state index is -0.320. The minimum Gasteiger partial charge on any atom is -0.493 e. The molecule has 2 aromatic carbocycles. The van der Waals surface area contributed by atoms with E-state index in [0.717, 1.165) is 22.9 Å². The monoisotopic (exact) mass is 417 g/mol. The summed E-state index contributed by atoms with van der Waals surface area (Å²) in [6.45, 7) is 4.54. The fourth-order valence-electron chi connectivity index (χ4n) is 2.77. The number of carbonyl (C=O) groups is 2. The van der Waals surface area contributed by atoms with E-state index in [0.29, 0.717) is 33.6 Å². The van der Waals surface area contributed by atoms with Gasteiger partial charge in [-0.15, -0.1) is 0 Å². The number of ether oxygens (including phenoxy) is 2. The van der Waals surface area contributed by atoms with Crippen molar-refractivity contribution in [2.24, 2.45) is 0 Å². The highest BCUT2D eigenvalue weighted by Crippen LogP contribution is 2.39. The summed E-state index contributed by atoms with van der Waals surface area (Å²) in [7, 11) is 1.52. The Morgan fingerprint density at radius 2 is 1.89 bits per heavy atom. The normalized spacial score (nSPS) is 15.4. The molecule has 1 saturated heterocycles. The average Bonchev–Trinajstić information content (AvgIpc) is 2.92. The van der Waals surface area contributed by atoms with Gasteiger partial charge in [-0.05, 0) is 54.9 Å². The number of thioether (sulfide) groups is 1. The quantitative estimate of drug-likeness (QED) is 0.597. The Morgan fingerprint density at radius 3 is 2.54 bits per heavy atom. The third-order valence-corrected chi connectivity index (χ3v) is 5.36. The number of nitrogens with zero attached hydrogens (tertiary/aromatic N) is 1. The molecule has 5 nitrogen and oxygen atoms in total. The van der Waals surface area contributed by atoms with Crippen LogP contribution in [0.1, 0.15) is 23.6 Å². The van der Waals surface area contributed by atoms with Gasteiger partial charge in [0.05, 0.1) is 30.2 Å². The predicted molar refractivity (Wildman–Crippen MR) is 112 cm³/mol. The largest absolute Gasteiger partial charge is 0.493 e. The fraction of sp³-hybridized carbons (Fsp3) is 0.238. The molecule has 146 valence electrons. The van der Waals surface area contributed by atoms with Gasteiger partial charge in [-0.2, -0.15) is 0 Å². The van der Waals surface area contributed by atoms with E-state index in [1.165, 1.54) is 12.0 Å². The fourth-order valence-corrected chi connectivity index (χ4v) is 3.88. The molecule has 2 amide bonds. The topological polar surface area (TPSA) is 55.8 Å². The van der Waals surface area contributed by atoms with Gasteiger partial charge in [-0.3, -0.25) is 14.5 Å². The van der Waals surface area contributed by atoms with E-state index in [1.807, 2.05) is 38.1 Å². The van der Waals surface area contributed by atoms with Crippen molar-refractivity contribution in [3.05, 3.63) is 63.0 Å². The first-order valence-corrected chi connectivity index (χ1v) is 9.93. The van der Waals surface area contributed by atoms with Crippen molar-refractivity contribution in [3.8, 4) is 11.5 Å². The highest BCUT2D eigenvalue weighted by Gasteiger charge is 2.35. The summed E-state index contributed by atoms with van der Waals surface area (Å²) in [5, 5.41) is 0.0900. The van der Waals surface area contributed by atoms with Crippen molar-refractivity contribution in [2.75, 3.05) is 13.7 Å². The second-order valence-corrected chi connectivity index (χ2v) is 7.62. The number of hydrogen-bond acceptors (Lipinski definition) is 5. The summed E-state index contributed by atoms with van der Waals surface area (Å²) >= 11 is 7.20. The van der Waals surface area contributed by atoms with Crippen LogP contribution in [0, 0.1) is 6.92 Å². The van der Waals surface area contributed by atoms with Crippen molar-refractivity contribution in [1.29, 1.82) is 0 Å². The van der Waals surface area contributed by atoms with Gasteiger partial charge in [0, 0.05) is 0 Å². The molecule has 1 heterocycles. The van der Waals surface area contributed by atoms with Gasteiger partial charge in [0.1, 0.15) is 0 Å². The van der Waals surface area contributed by atoms with Crippen LogP contribution in [-0.2, 0) is 11.3 Å². The van der Waals surface area contributed by atoms with Crippen LogP contribution in [0.4, 0.5) is 4.79 Å². The molecule has 0 bridgehead atoms. The number of imide groups is 1. The van der Waals surface area contributed by atoms with Crippen LogP contribution in [0.15, 0.2) is 41.3 Å². The van der Waals surface area contributed by atoms with Gasteiger partial charge >= 0.3 is 0 Å². The van der Waals surface area contributed by atoms with Crippen LogP contribution in [0.2, 0.25) is 5.02 Å². The molecule has 0 spiro atoms. The van der Waals surface area contributed by atoms with Crippen LogP contribution < -0.4 is 9.47 Å². The average molecular weight is 418 g/mol. The lowest BCUT2D eigenvalue weighted by molar-refractivity contribution is -0.123. The van der Waals surface area contributed by atoms with Gasteiger partial charge in [-0.1, -0.05) is 41.4 Å². The van der Waals surface area contributed by atoms with Crippen LogP contribution >= 0.6 is 23.4 Å². The Morgan fingerprint density at radius 1 is 1.18 bits per heavy atom. The van der Waals surface area contributed by atoms with E-state index < -0.39 is 0 Å². The summed E-state index contributed by atoms with van der Waals surface area (Å²) in [6.07, 6.45) is 1.64. The molecule has 0 saturated carbocycles. The third kappa shape index (κ3) is 4.34. The van der Waals surface area contributed by atoms with Gasteiger partial charge < -0.3 is 9.47 Å². The Hall–Kier alpha value is -2.44. The van der Waals surface area contributed by atoms with Crippen molar-refractivity contribution in [1.82, 2.24) is 4.90 Å². The number of amides is 2. The maximum absolute atomic E-state index is 12.7. The smallest absolute Gasteiger partial charge is 0.293 e.